The molecule has 0 aliphatic heterocycles. The van der Waals surface area contributed by atoms with Gasteiger partial charge in [-0.15, -0.1) is 11.3 Å². The van der Waals surface area contributed by atoms with Crippen LogP contribution in [0, 0.1) is 0 Å². The van der Waals surface area contributed by atoms with E-state index in [-0.39, 0.29) is 5.78 Å². The van der Waals surface area contributed by atoms with Crippen molar-refractivity contribution < 1.29 is 4.79 Å². The number of benzene rings is 1. The molecule has 2 heterocycles. The van der Waals surface area contributed by atoms with Crippen LogP contribution < -0.4 is 0 Å². The molecule has 0 spiro atoms. The van der Waals surface area contributed by atoms with Gasteiger partial charge in [-0.2, -0.15) is 0 Å². The van der Waals surface area contributed by atoms with Gasteiger partial charge in [0.25, 0.3) is 0 Å². The molecule has 0 aliphatic carbocycles. The van der Waals surface area contributed by atoms with Crippen LogP contribution in [-0.4, -0.2) is 15.8 Å². The predicted molar refractivity (Wildman–Crippen MR) is 82.7 cm³/mol. The van der Waals surface area contributed by atoms with Crippen molar-refractivity contribution in [3.63, 3.8) is 0 Å². The quantitative estimate of drug-likeness (QED) is 0.671. The largest absolute Gasteiger partial charge is 0.294 e. The first-order chi connectivity index (χ1) is 9.72. The molecule has 3 rings (SSSR count). The molecule has 0 aliphatic rings. The molecule has 0 fully saturated rings. The third-order valence-corrected chi connectivity index (χ3v) is 4.80. The van der Waals surface area contributed by atoms with Crippen LogP contribution in [0.3, 0.4) is 0 Å². The highest BCUT2D eigenvalue weighted by molar-refractivity contribution is 7.22. The maximum Gasteiger partial charge on any atom is 0.168 e. The summed E-state index contributed by atoms with van der Waals surface area (Å²) in [6.07, 6.45) is 1.91. The standard InChI is InChI=1S/C14H9ClN2OS2/c15-12-7-16-13(20-12)14-17-10(8-19-14)6-11(18)9-4-2-1-3-5-9/h1-5,7-8H,6H2. The number of hydrogen-bond donors (Lipinski definition) is 0. The SMILES string of the molecule is O=C(Cc1csc(-c2ncc(Cl)s2)n1)c1ccccc1. The van der Waals surface area contributed by atoms with Crippen LogP contribution in [0.4, 0.5) is 0 Å². The number of ketones is 1. The average Bonchev–Trinajstić information content (AvgIpc) is 3.09. The summed E-state index contributed by atoms with van der Waals surface area (Å²) in [5, 5.41) is 3.49. The predicted octanol–water partition coefficient (Wildman–Crippen LogP) is 4.35. The molecule has 0 atom stereocenters. The molecule has 6 heteroatoms. The van der Waals surface area contributed by atoms with E-state index in [9.17, 15) is 4.79 Å². The summed E-state index contributed by atoms with van der Waals surface area (Å²) in [5.74, 6) is 0.0691. The van der Waals surface area contributed by atoms with E-state index in [4.69, 9.17) is 11.6 Å². The molecule has 0 unspecified atom stereocenters. The molecule has 3 nitrogen and oxygen atoms in total. The molecule has 0 bridgehead atoms. The third kappa shape index (κ3) is 2.95. The summed E-state index contributed by atoms with van der Waals surface area (Å²) in [4.78, 5) is 20.7. The Hall–Kier alpha value is -1.56. The molecule has 0 saturated carbocycles. The van der Waals surface area contributed by atoms with E-state index in [0.717, 1.165) is 15.7 Å². The Morgan fingerprint density at radius 1 is 1.20 bits per heavy atom. The molecule has 2 aromatic heterocycles. The van der Waals surface area contributed by atoms with Crippen molar-refractivity contribution in [2.24, 2.45) is 0 Å². The lowest BCUT2D eigenvalue weighted by Crippen LogP contribution is -2.03. The van der Waals surface area contributed by atoms with Gasteiger partial charge in [0.2, 0.25) is 0 Å². The fourth-order valence-electron chi connectivity index (χ4n) is 1.73. The van der Waals surface area contributed by atoms with Crippen LogP contribution >= 0.6 is 34.3 Å². The fourth-order valence-corrected chi connectivity index (χ4v) is 3.50. The van der Waals surface area contributed by atoms with Crippen molar-refractivity contribution in [1.82, 2.24) is 9.97 Å². The van der Waals surface area contributed by atoms with E-state index in [1.54, 1.807) is 6.20 Å². The number of hydrogen-bond acceptors (Lipinski definition) is 5. The second-order valence-corrected chi connectivity index (χ2v) is 6.60. The van der Waals surface area contributed by atoms with Gasteiger partial charge in [-0.3, -0.25) is 4.79 Å². The highest BCUT2D eigenvalue weighted by Crippen LogP contribution is 2.30. The Bertz CT molecular complexity index is 736. The number of nitrogens with zero attached hydrogens (tertiary/aromatic N) is 2. The normalized spacial score (nSPS) is 10.7. The second-order valence-electron chi connectivity index (χ2n) is 4.08. The van der Waals surface area contributed by atoms with Crippen LogP contribution in [0.1, 0.15) is 16.1 Å². The minimum atomic E-state index is 0.0691. The maximum absolute atomic E-state index is 12.1. The topological polar surface area (TPSA) is 42.9 Å². The Kier molecular flexibility index (Phi) is 3.91. The van der Waals surface area contributed by atoms with Crippen molar-refractivity contribution in [3.05, 3.63) is 57.5 Å². The van der Waals surface area contributed by atoms with Crippen molar-refractivity contribution in [2.75, 3.05) is 0 Å². The highest BCUT2D eigenvalue weighted by atomic mass is 35.5. The maximum atomic E-state index is 12.1. The minimum Gasteiger partial charge on any atom is -0.294 e. The lowest BCUT2D eigenvalue weighted by atomic mass is 10.1. The minimum absolute atomic E-state index is 0.0691. The van der Waals surface area contributed by atoms with E-state index >= 15 is 0 Å². The molecule has 1 aromatic carbocycles. The molecular formula is C14H9ClN2OS2. The van der Waals surface area contributed by atoms with E-state index < -0.39 is 0 Å². The zero-order chi connectivity index (χ0) is 13.9. The molecule has 0 radical (unpaired) electrons. The van der Waals surface area contributed by atoms with E-state index in [2.05, 4.69) is 9.97 Å². The van der Waals surface area contributed by atoms with Crippen molar-refractivity contribution in [1.29, 1.82) is 0 Å². The van der Waals surface area contributed by atoms with E-state index in [0.29, 0.717) is 16.3 Å². The Morgan fingerprint density at radius 3 is 2.70 bits per heavy atom. The summed E-state index contributed by atoms with van der Waals surface area (Å²) < 4.78 is 0.636. The smallest absolute Gasteiger partial charge is 0.168 e. The van der Waals surface area contributed by atoms with Gasteiger partial charge in [-0.25, -0.2) is 9.97 Å². The highest BCUT2D eigenvalue weighted by Gasteiger charge is 2.12. The molecular weight excluding hydrogens is 312 g/mol. The van der Waals surface area contributed by atoms with Gasteiger partial charge in [0.1, 0.15) is 4.34 Å². The number of Topliss-reactive ketones (excluding diaryl/α,β-unsaturated/α-hetero) is 1. The molecule has 20 heavy (non-hydrogen) atoms. The van der Waals surface area contributed by atoms with Gasteiger partial charge in [-0.1, -0.05) is 53.3 Å². The van der Waals surface area contributed by atoms with Gasteiger partial charge in [0, 0.05) is 10.9 Å². The van der Waals surface area contributed by atoms with Crippen LogP contribution in [0.25, 0.3) is 10.0 Å². The first-order valence-corrected chi connectivity index (χ1v) is 7.94. The monoisotopic (exact) mass is 320 g/mol. The second kappa shape index (κ2) is 5.83. The van der Waals surface area contributed by atoms with Gasteiger partial charge >= 0.3 is 0 Å². The van der Waals surface area contributed by atoms with E-state index in [1.165, 1.54) is 22.7 Å². The third-order valence-electron chi connectivity index (χ3n) is 2.65. The van der Waals surface area contributed by atoms with Crippen LogP contribution in [0.2, 0.25) is 4.34 Å². The molecule has 0 N–H and O–H groups in total. The molecule has 0 amide bonds. The Balaban J connectivity index is 1.76. The number of thiazole rings is 2. The summed E-state index contributed by atoms with van der Waals surface area (Å²) >= 11 is 8.73. The Labute approximate surface area is 128 Å². The lowest BCUT2D eigenvalue weighted by molar-refractivity contribution is 0.0992. The summed E-state index contributed by atoms with van der Waals surface area (Å²) in [6.45, 7) is 0. The van der Waals surface area contributed by atoms with Crippen molar-refractivity contribution in [2.45, 2.75) is 6.42 Å². The van der Waals surface area contributed by atoms with Crippen LogP contribution in [0.5, 0.6) is 0 Å². The first kappa shape index (κ1) is 13.4. The Morgan fingerprint density at radius 2 is 2.00 bits per heavy atom. The van der Waals surface area contributed by atoms with Gasteiger partial charge in [0.05, 0.1) is 18.3 Å². The number of rotatable bonds is 4. The number of halogens is 1. The molecule has 0 saturated heterocycles. The fraction of sp³-hybridized carbons (Fsp3) is 0.0714. The van der Waals surface area contributed by atoms with Crippen molar-refractivity contribution in [3.8, 4) is 10.0 Å². The number of carbonyl (C=O) groups excluding carboxylic acids is 1. The zero-order valence-electron chi connectivity index (χ0n) is 10.2. The zero-order valence-corrected chi connectivity index (χ0v) is 12.6. The number of carbonyl (C=O) groups is 1. The average molecular weight is 321 g/mol. The lowest BCUT2D eigenvalue weighted by Gasteiger charge is -1.97. The van der Waals surface area contributed by atoms with Crippen LogP contribution in [-0.2, 0) is 6.42 Å². The molecule has 3 aromatic rings. The van der Waals surface area contributed by atoms with E-state index in [1.807, 2.05) is 35.7 Å². The van der Waals surface area contributed by atoms with Gasteiger partial charge in [-0.05, 0) is 0 Å². The first-order valence-electron chi connectivity index (χ1n) is 5.87. The summed E-state index contributed by atoms with van der Waals surface area (Å²) in [7, 11) is 0. The number of aromatic nitrogens is 2. The van der Waals surface area contributed by atoms with Gasteiger partial charge in [0.15, 0.2) is 15.8 Å². The summed E-state index contributed by atoms with van der Waals surface area (Å²) in [6, 6.07) is 9.24. The van der Waals surface area contributed by atoms with Crippen molar-refractivity contribution >= 4 is 40.1 Å². The molecule has 100 valence electrons. The van der Waals surface area contributed by atoms with Gasteiger partial charge < -0.3 is 0 Å². The van der Waals surface area contributed by atoms with Crippen LogP contribution in [0.15, 0.2) is 41.9 Å². The summed E-state index contributed by atoms with van der Waals surface area (Å²) in [5.41, 5.74) is 1.48.